The van der Waals surface area contributed by atoms with E-state index in [0.717, 1.165) is 56.6 Å². The number of hydrogen-bond acceptors (Lipinski definition) is 4. The van der Waals surface area contributed by atoms with Gasteiger partial charge in [0.05, 0.1) is 18.8 Å². The van der Waals surface area contributed by atoms with Crippen LogP contribution in [-0.2, 0) is 14.3 Å². The van der Waals surface area contributed by atoms with Crippen LogP contribution in [0, 0.1) is 11.8 Å². The number of unbranched alkanes of at least 4 members (excludes halogenated alkanes) is 3. The van der Waals surface area contributed by atoms with Crippen molar-refractivity contribution >= 4 is 12.0 Å². The van der Waals surface area contributed by atoms with Crippen LogP contribution in [0.1, 0.15) is 50.5 Å². The highest BCUT2D eigenvalue weighted by molar-refractivity contribution is 5.81. The van der Waals surface area contributed by atoms with Crippen molar-refractivity contribution in [3.05, 3.63) is 49.1 Å². The molecule has 0 bridgehead atoms. The Morgan fingerprint density at radius 3 is 2.29 bits per heavy atom. The Balaban J connectivity index is 1.23. The number of carbonyl (C=O) groups excluding carboxylic acids is 1. The van der Waals surface area contributed by atoms with Crippen LogP contribution >= 0.6 is 0 Å². The van der Waals surface area contributed by atoms with E-state index in [2.05, 4.69) is 13.2 Å². The van der Waals surface area contributed by atoms with Crippen molar-refractivity contribution < 1.29 is 19.0 Å². The number of benzene rings is 1. The highest BCUT2D eigenvalue weighted by Gasteiger charge is 2.70. The first kappa shape index (κ1) is 20.7. The minimum absolute atomic E-state index is 0.0117. The van der Waals surface area contributed by atoms with Crippen molar-refractivity contribution in [3.63, 3.8) is 0 Å². The second-order valence-corrected chi connectivity index (χ2v) is 7.75. The van der Waals surface area contributed by atoms with Crippen molar-refractivity contribution in [2.24, 2.45) is 11.8 Å². The summed E-state index contributed by atoms with van der Waals surface area (Å²) in [5.41, 5.74) is 1.09. The van der Waals surface area contributed by atoms with E-state index < -0.39 is 0 Å². The number of ether oxygens (including phenoxy) is 3. The Morgan fingerprint density at radius 2 is 1.68 bits per heavy atom. The monoisotopic (exact) mass is 384 g/mol. The van der Waals surface area contributed by atoms with Crippen LogP contribution in [0.5, 0.6) is 5.75 Å². The number of carbonyl (C=O) groups is 1. The second-order valence-electron chi connectivity index (χ2n) is 7.75. The lowest BCUT2D eigenvalue weighted by molar-refractivity contribution is -0.139. The van der Waals surface area contributed by atoms with Gasteiger partial charge in [-0.25, -0.2) is 4.79 Å². The summed E-state index contributed by atoms with van der Waals surface area (Å²) in [5.74, 6) is 1.95. The molecule has 2 saturated carbocycles. The molecule has 0 N–H and O–H groups in total. The first-order chi connectivity index (χ1) is 13.7. The molecule has 0 radical (unpaired) electrons. The van der Waals surface area contributed by atoms with Gasteiger partial charge in [-0.3, -0.25) is 0 Å². The van der Waals surface area contributed by atoms with Gasteiger partial charge in [-0.2, -0.15) is 0 Å². The van der Waals surface area contributed by atoms with E-state index in [0.29, 0.717) is 18.4 Å². The quantitative estimate of drug-likeness (QED) is 0.252. The van der Waals surface area contributed by atoms with Crippen molar-refractivity contribution in [2.75, 3.05) is 19.8 Å². The zero-order valence-corrected chi connectivity index (χ0v) is 16.7. The first-order valence-corrected chi connectivity index (χ1v) is 10.5. The summed E-state index contributed by atoms with van der Waals surface area (Å²) in [6.45, 7) is 9.16. The lowest BCUT2D eigenvalue weighted by Crippen LogP contribution is -2.21. The van der Waals surface area contributed by atoms with E-state index in [1.165, 1.54) is 18.9 Å². The molecule has 2 aliphatic carbocycles. The molecular formula is C24H32O4. The van der Waals surface area contributed by atoms with E-state index in [4.69, 9.17) is 14.2 Å². The number of rotatable bonds is 14. The molecule has 3 rings (SSSR count). The zero-order valence-electron chi connectivity index (χ0n) is 16.7. The largest absolute Gasteiger partial charge is 0.494 e. The zero-order chi connectivity index (χ0) is 19.8. The van der Waals surface area contributed by atoms with Crippen LogP contribution < -0.4 is 4.74 Å². The molecule has 2 atom stereocenters. The predicted octanol–water partition coefficient (Wildman–Crippen LogP) is 5.18. The summed E-state index contributed by atoms with van der Waals surface area (Å²) >= 11 is 0. The maximum absolute atomic E-state index is 11.2. The van der Waals surface area contributed by atoms with Crippen LogP contribution in [0.15, 0.2) is 43.5 Å². The van der Waals surface area contributed by atoms with Crippen molar-refractivity contribution in [1.29, 1.82) is 0 Å². The van der Waals surface area contributed by atoms with Gasteiger partial charge in [0, 0.05) is 19.1 Å². The SMILES string of the molecule is C=CC(=O)OCCC1(OCCCCCCOc2ccc(C=C)cc2)C2CCC21. The average Bonchev–Trinajstić information content (AvgIpc) is 3.16. The van der Waals surface area contributed by atoms with Crippen LogP contribution in [0.4, 0.5) is 0 Å². The van der Waals surface area contributed by atoms with Gasteiger partial charge in [-0.15, -0.1) is 0 Å². The topological polar surface area (TPSA) is 44.8 Å². The minimum atomic E-state index is -0.345. The van der Waals surface area contributed by atoms with Gasteiger partial charge in [0.1, 0.15) is 5.75 Å². The highest BCUT2D eigenvalue weighted by atomic mass is 16.5. The molecule has 4 heteroatoms. The predicted molar refractivity (Wildman–Crippen MR) is 111 cm³/mol. The van der Waals surface area contributed by atoms with Crippen LogP contribution in [0.3, 0.4) is 0 Å². The van der Waals surface area contributed by atoms with Crippen LogP contribution in [-0.4, -0.2) is 31.4 Å². The Labute approximate surface area is 168 Å². The fourth-order valence-electron chi connectivity index (χ4n) is 4.30. The molecule has 28 heavy (non-hydrogen) atoms. The molecule has 0 aromatic heterocycles. The summed E-state index contributed by atoms with van der Waals surface area (Å²) in [7, 11) is 0. The number of fused-ring (bicyclic) bond motifs is 1. The Kier molecular flexibility index (Phi) is 7.32. The fourth-order valence-corrected chi connectivity index (χ4v) is 4.30. The minimum Gasteiger partial charge on any atom is -0.494 e. The third-order valence-electron chi connectivity index (χ3n) is 6.12. The first-order valence-electron chi connectivity index (χ1n) is 10.5. The average molecular weight is 385 g/mol. The molecular weight excluding hydrogens is 352 g/mol. The van der Waals surface area contributed by atoms with E-state index in [9.17, 15) is 4.79 Å². The van der Waals surface area contributed by atoms with E-state index >= 15 is 0 Å². The maximum atomic E-state index is 11.2. The van der Waals surface area contributed by atoms with Gasteiger partial charge in [-0.05, 0) is 61.6 Å². The summed E-state index contributed by atoms with van der Waals surface area (Å²) in [5, 5.41) is 0. The molecule has 0 spiro atoms. The highest BCUT2D eigenvalue weighted by Crippen LogP contribution is 2.67. The van der Waals surface area contributed by atoms with E-state index in [1.807, 2.05) is 30.3 Å². The smallest absolute Gasteiger partial charge is 0.330 e. The number of hydrogen-bond donors (Lipinski definition) is 0. The summed E-state index contributed by atoms with van der Waals surface area (Å²) in [6, 6.07) is 8.00. The molecule has 0 aliphatic heterocycles. The van der Waals surface area contributed by atoms with Crippen molar-refractivity contribution in [1.82, 2.24) is 0 Å². The molecule has 2 fully saturated rings. The summed E-state index contributed by atoms with van der Waals surface area (Å²) in [6.07, 6.45) is 10.8. The van der Waals surface area contributed by atoms with E-state index in [-0.39, 0.29) is 11.6 Å². The molecule has 4 nitrogen and oxygen atoms in total. The molecule has 0 amide bonds. The summed E-state index contributed by atoms with van der Waals surface area (Å²) < 4.78 is 17.2. The van der Waals surface area contributed by atoms with Gasteiger partial charge in [0.25, 0.3) is 0 Å². The van der Waals surface area contributed by atoms with Gasteiger partial charge < -0.3 is 14.2 Å². The molecule has 2 unspecified atom stereocenters. The molecule has 152 valence electrons. The maximum Gasteiger partial charge on any atom is 0.330 e. The van der Waals surface area contributed by atoms with Crippen molar-refractivity contribution in [2.45, 2.75) is 50.5 Å². The van der Waals surface area contributed by atoms with Gasteiger partial charge in [0.2, 0.25) is 0 Å². The Morgan fingerprint density at radius 1 is 1.00 bits per heavy atom. The molecule has 2 aliphatic rings. The normalized spacial score (nSPS) is 24.6. The van der Waals surface area contributed by atoms with E-state index in [1.54, 1.807) is 0 Å². The molecule has 1 aromatic carbocycles. The third-order valence-corrected chi connectivity index (χ3v) is 6.12. The molecule has 1 aromatic rings. The lowest BCUT2D eigenvalue weighted by Gasteiger charge is -2.18. The van der Waals surface area contributed by atoms with Crippen LogP contribution in [0.25, 0.3) is 6.08 Å². The van der Waals surface area contributed by atoms with Gasteiger partial charge in [0.15, 0.2) is 0 Å². The standard InChI is InChI=1S/C24H32O4/c1-3-19-9-11-20(12-10-19)26-16-7-5-6-8-17-28-24(21-13-14-22(21)24)15-18-27-23(25)4-2/h3-4,9-12,21-22H,1-2,5-8,13-18H2. The molecule has 0 heterocycles. The Hall–Kier alpha value is -2.07. The number of esters is 1. The lowest BCUT2D eigenvalue weighted by atomic mass is 10.0. The Bertz CT molecular complexity index is 654. The fraction of sp³-hybridized carbons (Fsp3) is 0.542. The van der Waals surface area contributed by atoms with Crippen molar-refractivity contribution in [3.8, 4) is 5.75 Å². The van der Waals surface area contributed by atoms with Crippen LogP contribution in [0.2, 0.25) is 0 Å². The third kappa shape index (κ3) is 5.05. The summed E-state index contributed by atoms with van der Waals surface area (Å²) in [4.78, 5) is 11.2. The second kappa shape index (κ2) is 9.92. The van der Waals surface area contributed by atoms with Gasteiger partial charge >= 0.3 is 5.97 Å². The van der Waals surface area contributed by atoms with Gasteiger partial charge in [-0.1, -0.05) is 37.8 Å². The molecule has 0 saturated heterocycles.